The van der Waals surface area contributed by atoms with E-state index in [1.165, 1.54) is 6.20 Å². The molecule has 0 radical (unpaired) electrons. The van der Waals surface area contributed by atoms with Crippen LogP contribution in [0.1, 0.15) is 5.56 Å². The lowest BCUT2D eigenvalue weighted by Crippen LogP contribution is -2.34. The van der Waals surface area contributed by atoms with Gasteiger partial charge in [-0.2, -0.15) is 4.98 Å². The average molecular weight is 468 g/mol. The number of benzene rings is 2. The van der Waals surface area contributed by atoms with Gasteiger partial charge in [-0.25, -0.2) is 14.3 Å². The molecule has 2 N–H and O–H groups in total. The lowest BCUT2D eigenvalue weighted by atomic mass is 10.2. The number of nitrogens with one attached hydrogen (secondary N) is 2. The molecule has 30 heavy (non-hydrogen) atoms. The summed E-state index contributed by atoms with van der Waals surface area (Å²) in [4.78, 5) is 36.7. The molecule has 0 aliphatic carbocycles. The van der Waals surface area contributed by atoms with E-state index in [-0.39, 0.29) is 17.8 Å². The molecule has 1 aliphatic heterocycles. The standard InChI is InChI=1S/C20H14BrN5O4/c21-12-3-1-2-11(6-12)8-22-19-23-9-14-17(24-19)25-20(28)26(18(14)27)13-4-5-15-16(7-13)30-10-29-15/h1-7,9H,8,10H2,(H2,22,23,24,25,28). The maximum Gasteiger partial charge on any atom is 0.334 e. The molecule has 0 bridgehead atoms. The van der Waals surface area contributed by atoms with Gasteiger partial charge < -0.3 is 14.8 Å². The van der Waals surface area contributed by atoms with Gasteiger partial charge in [-0.15, -0.1) is 0 Å². The Hall–Kier alpha value is -3.66. The average Bonchev–Trinajstić information content (AvgIpc) is 3.20. The molecule has 0 spiro atoms. The van der Waals surface area contributed by atoms with Crippen LogP contribution in [0.25, 0.3) is 16.7 Å². The van der Waals surface area contributed by atoms with Crippen molar-refractivity contribution in [2.45, 2.75) is 6.54 Å². The minimum atomic E-state index is -0.608. The van der Waals surface area contributed by atoms with Gasteiger partial charge in [0.2, 0.25) is 12.7 Å². The van der Waals surface area contributed by atoms with Crippen LogP contribution in [-0.2, 0) is 6.54 Å². The lowest BCUT2D eigenvalue weighted by molar-refractivity contribution is 0.174. The van der Waals surface area contributed by atoms with Crippen molar-refractivity contribution >= 4 is 32.9 Å². The molecule has 0 atom stereocenters. The maximum atomic E-state index is 12.9. The van der Waals surface area contributed by atoms with E-state index in [2.05, 4.69) is 36.2 Å². The Morgan fingerprint density at radius 1 is 1.13 bits per heavy atom. The van der Waals surface area contributed by atoms with E-state index in [1.54, 1.807) is 18.2 Å². The van der Waals surface area contributed by atoms with Crippen molar-refractivity contribution in [2.24, 2.45) is 0 Å². The molecule has 0 unspecified atom stereocenters. The fourth-order valence-electron chi connectivity index (χ4n) is 3.18. The van der Waals surface area contributed by atoms with Gasteiger partial charge in [0.25, 0.3) is 5.56 Å². The Morgan fingerprint density at radius 3 is 2.87 bits per heavy atom. The molecule has 0 saturated carbocycles. The molecule has 10 heteroatoms. The Balaban J connectivity index is 1.50. The number of aromatic amines is 1. The van der Waals surface area contributed by atoms with Crippen molar-refractivity contribution in [3.63, 3.8) is 0 Å². The molecule has 0 saturated heterocycles. The predicted octanol–water partition coefficient (Wildman–Crippen LogP) is 2.57. The van der Waals surface area contributed by atoms with Crippen molar-refractivity contribution in [3.8, 4) is 17.2 Å². The van der Waals surface area contributed by atoms with Crippen LogP contribution in [0.4, 0.5) is 5.95 Å². The van der Waals surface area contributed by atoms with Gasteiger partial charge in [-0.05, 0) is 29.8 Å². The van der Waals surface area contributed by atoms with Crippen molar-refractivity contribution < 1.29 is 9.47 Å². The zero-order valence-electron chi connectivity index (χ0n) is 15.4. The molecule has 0 fully saturated rings. The van der Waals surface area contributed by atoms with E-state index in [0.717, 1.165) is 14.6 Å². The first kappa shape index (κ1) is 18.4. The second-order valence-corrected chi connectivity index (χ2v) is 7.46. The van der Waals surface area contributed by atoms with Gasteiger partial charge in [0.15, 0.2) is 17.1 Å². The van der Waals surface area contributed by atoms with Gasteiger partial charge in [-0.3, -0.25) is 9.78 Å². The fraction of sp³-hybridized carbons (Fsp3) is 0.100. The molecule has 4 aromatic rings. The lowest BCUT2D eigenvalue weighted by Gasteiger charge is -2.09. The molecule has 0 amide bonds. The topological polar surface area (TPSA) is 111 Å². The molecule has 5 rings (SSSR count). The number of hydrogen-bond acceptors (Lipinski definition) is 7. The monoisotopic (exact) mass is 467 g/mol. The Morgan fingerprint density at radius 2 is 2.00 bits per heavy atom. The van der Waals surface area contributed by atoms with Crippen LogP contribution in [0.5, 0.6) is 11.5 Å². The molecule has 2 aromatic heterocycles. The minimum absolute atomic E-state index is 0.102. The fourth-order valence-corrected chi connectivity index (χ4v) is 3.62. The first-order chi connectivity index (χ1) is 14.6. The second kappa shape index (κ2) is 7.30. The van der Waals surface area contributed by atoms with Crippen molar-refractivity contribution in [3.05, 3.63) is 79.5 Å². The summed E-state index contributed by atoms with van der Waals surface area (Å²) >= 11 is 3.43. The van der Waals surface area contributed by atoms with E-state index < -0.39 is 11.2 Å². The summed E-state index contributed by atoms with van der Waals surface area (Å²) in [5.74, 6) is 1.34. The maximum absolute atomic E-state index is 12.9. The number of nitrogens with zero attached hydrogens (tertiary/aromatic N) is 3. The van der Waals surface area contributed by atoms with E-state index >= 15 is 0 Å². The largest absolute Gasteiger partial charge is 0.454 e. The smallest absolute Gasteiger partial charge is 0.334 e. The number of fused-ring (bicyclic) bond motifs is 2. The number of rotatable bonds is 4. The van der Waals surface area contributed by atoms with Crippen LogP contribution < -0.4 is 26.0 Å². The molecule has 2 aromatic carbocycles. The second-order valence-electron chi connectivity index (χ2n) is 6.55. The SMILES string of the molecule is O=c1[nH]c2nc(NCc3cccc(Br)c3)ncc2c(=O)n1-c1ccc2c(c1)OCO2. The third kappa shape index (κ3) is 3.30. The predicted molar refractivity (Wildman–Crippen MR) is 113 cm³/mol. The number of hydrogen-bond donors (Lipinski definition) is 2. The van der Waals surface area contributed by atoms with Crippen LogP contribution in [0.3, 0.4) is 0 Å². The first-order valence-electron chi connectivity index (χ1n) is 8.99. The summed E-state index contributed by atoms with van der Waals surface area (Å²) in [6.45, 7) is 0.592. The summed E-state index contributed by atoms with van der Waals surface area (Å²) in [6, 6.07) is 12.7. The van der Waals surface area contributed by atoms with Crippen molar-refractivity contribution in [1.82, 2.24) is 19.5 Å². The van der Waals surface area contributed by atoms with E-state index in [1.807, 2.05) is 24.3 Å². The quantitative estimate of drug-likeness (QED) is 0.474. The van der Waals surface area contributed by atoms with E-state index in [9.17, 15) is 9.59 Å². The number of halogens is 1. The van der Waals surface area contributed by atoms with Crippen molar-refractivity contribution in [1.29, 1.82) is 0 Å². The highest BCUT2D eigenvalue weighted by Gasteiger charge is 2.17. The molecule has 9 nitrogen and oxygen atoms in total. The summed E-state index contributed by atoms with van der Waals surface area (Å²) in [7, 11) is 0. The number of ether oxygens (including phenoxy) is 2. The zero-order chi connectivity index (χ0) is 20.7. The Bertz CT molecular complexity index is 1400. The molecule has 1 aliphatic rings. The summed E-state index contributed by atoms with van der Waals surface area (Å²) in [5, 5.41) is 3.28. The van der Waals surface area contributed by atoms with Crippen molar-refractivity contribution in [2.75, 3.05) is 12.1 Å². The van der Waals surface area contributed by atoms with Gasteiger partial charge in [0.05, 0.1) is 5.69 Å². The Labute approximate surface area is 177 Å². The third-order valence-electron chi connectivity index (χ3n) is 4.60. The summed E-state index contributed by atoms with van der Waals surface area (Å²) in [6.07, 6.45) is 1.40. The van der Waals surface area contributed by atoms with E-state index in [0.29, 0.717) is 29.7 Å². The number of H-pyrrole nitrogens is 1. The van der Waals surface area contributed by atoms with Crippen LogP contribution in [-0.4, -0.2) is 26.3 Å². The van der Waals surface area contributed by atoms with Gasteiger partial charge in [0.1, 0.15) is 5.39 Å². The zero-order valence-corrected chi connectivity index (χ0v) is 17.0. The first-order valence-corrected chi connectivity index (χ1v) is 9.78. The van der Waals surface area contributed by atoms with E-state index in [4.69, 9.17) is 9.47 Å². The Kier molecular flexibility index (Phi) is 4.47. The van der Waals surface area contributed by atoms with Crippen LogP contribution >= 0.6 is 15.9 Å². The third-order valence-corrected chi connectivity index (χ3v) is 5.10. The normalized spacial score (nSPS) is 12.3. The minimum Gasteiger partial charge on any atom is -0.454 e. The number of anilines is 1. The highest BCUT2D eigenvalue weighted by atomic mass is 79.9. The molecular weight excluding hydrogens is 454 g/mol. The van der Waals surface area contributed by atoms with Gasteiger partial charge >= 0.3 is 5.69 Å². The van der Waals surface area contributed by atoms with Gasteiger partial charge in [0, 0.05) is 23.3 Å². The highest BCUT2D eigenvalue weighted by Crippen LogP contribution is 2.33. The number of aromatic nitrogens is 4. The van der Waals surface area contributed by atoms with Crippen LogP contribution in [0, 0.1) is 0 Å². The summed E-state index contributed by atoms with van der Waals surface area (Å²) < 4.78 is 12.6. The molecule has 150 valence electrons. The summed E-state index contributed by atoms with van der Waals surface area (Å²) in [5.41, 5.74) is 0.423. The molecular formula is C20H14BrN5O4. The molecule has 3 heterocycles. The van der Waals surface area contributed by atoms with Gasteiger partial charge in [-0.1, -0.05) is 28.1 Å². The van der Waals surface area contributed by atoms with Crippen LogP contribution in [0.15, 0.2) is 62.7 Å². The highest BCUT2D eigenvalue weighted by molar-refractivity contribution is 9.10. The van der Waals surface area contributed by atoms with Crippen LogP contribution in [0.2, 0.25) is 0 Å².